The molecule has 0 unspecified atom stereocenters. The summed E-state index contributed by atoms with van der Waals surface area (Å²) < 4.78 is 13.5. The van der Waals surface area contributed by atoms with E-state index in [0.717, 1.165) is 20.8 Å². The molecule has 0 heterocycles. The van der Waals surface area contributed by atoms with Crippen molar-refractivity contribution in [3.8, 4) is 0 Å². The van der Waals surface area contributed by atoms with E-state index in [1.807, 2.05) is 0 Å². The molecule has 6 nitrogen and oxygen atoms in total. The first-order valence-electron chi connectivity index (χ1n) is 3.53. The van der Waals surface area contributed by atoms with Crippen LogP contribution in [0.3, 0.4) is 0 Å². The molecule has 0 fully saturated rings. The molecule has 14 heavy (non-hydrogen) atoms. The zero-order valence-electron chi connectivity index (χ0n) is 7.83. The van der Waals surface area contributed by atoms with Gasteiger partial charge in [-0.25, -0.2) is 0 Å². The second-order valence-corrected chi connectivity index (χ2v) is 9.86. The SMILES string of the molecule is CC(=O)[O][Sn]([Cl])([O]C(C)=O)[O]C(C)=O. The minimum absolute atomic E-state index is 0.765. The van der Waals surface area contributed by atoms with Gasteiger partial charge in [-0.2, -0.15) is 0 Å². The normalized spacial score (nSPS) is 10.3. The van der Waals surface area contributed by atoms with Gasteiger partial charge in [-0.05, 0) is 0 Å². The Morgan fingerprint density at radius 2 is 1.07 bits per heavy atom. The fourth-order valence-electron chi connectivity index (χ4n) is 0.578. The van der Waals surface area contributed by atoms with E-state index in [4.69, 9.17) is 8.92 Å². The Hall–Kier alpha value is -0.501. The van der Waals surface area contributed by atoms with Crippen LogP contribution >= 0.6 is 8.92 Å². The Morgan fingerprint density at radius 1 is 0.857 bits per heavy atom. The predicted octanol–water partition coefficient (Wildman–Crippen LogP) is 0.350. The van der Waals surface area contributed by atoms with Crippen LogP contribution in [0.5, 0.6) is 0 Å². The van der Waals surface area contributed by atoms with Gasteiger partial charge < -0.3 is 0 Å². The first kappa shape index (κ1) is 13.5. The van der Waals surface area contributed by atoms with Gasteiger partial charge in [-0.1, -0.05) is 0 Å². The molecule has 0 bridgehead atoms. The Morgan fingerprint density at radius 3 is 1.21 bits per heavy atom. The van der Waals surface area contributed by atoms with Crippen molar-refractivity contribution < 1.29 is 23.6 Å². The average molecular weight is 331 g/mol. The van der Waals surface area contributed by atoms with Crippen molar-refractivity contribution >= 4 is 45.3 Å². The predicted molar refractivity (Wildman–Crippen MR) is 46.9 cm³/mol. The van der Waals surface area contributed by atoms with Crippen LogP contribution in [0.4, 0.5) is 0 Å². The number of halogens is 1. The van der Waals surface area contributed by atoms with E-state index in [1.165, 1.54) is 0 Å². The number of carbonyl (C=O) groups is 3. The third-order valence-corrected chi connectivity index (χ3v) is 6.90. The van der Waals surface area contributed by atoms with Crippen molar-refractivity contribution in [1.29, 1.82) is 0 Å². The molecule has 0 aromatic carbocycles. The van der Waals surface area contributed by atoms with Crippen molar-refractivity contribution in [2.75, 3.05) is 0 Å². The summed E-state index contributed by atoms with van der Waals surface area (Å²) in [6.45, 7) is 3.21. The van der Waals surface area contributed by atoms with Crippen molar-refractivity contribution in [3.05, 3.63) is 0 Å². The van der Waals surface area contributed by atoms with Gasteiger partial charge in [0, 0.05) is 0 Å². The van der Waals surface area contributed by atoms with E-state index >= 15 is 0 Å². The van der Waals surface area contributed by atoms with Crippen molar-refractivity contribution in [2.24, 2.45) is 0 Å². The summed E-state index contributed by atoms with van der Waals surface area (Å²) in [4.78, 5) is 31.8. The van der Waals surface area contributed by atoms with E-state index in [0.29, 0.717) is 0 Å². The van der Waals surface area contributed by atoms with E-state index < -0.39 is 36.4 Å². The average Bonchev–Trinajstić information content (AvgIpc) is 1.76. The Balaban J connectivity index is 4.56. The van der Waals surface area contributed by atoms with E-state index in [9.17, 15) is 14.4 Å². The molecule has 8 heteroatoms. The summed E-state index contributed by atoms with van der Waals surface area (Å²) in [5.74, 6) is -2.30. The quantitative estimate of drug-likeness (QED) is 0.695. The molecule has 0 aliphatic rings. The first-order chi connectivity index (χ1) is 6.25. The zero-order chi connectivity index (χ0) is 11.4. The van der Waals surface area contributed by atoms with Crippen molar-refractivity contribution in [2.45, 2.75) is 20.8 Å². The summed E-state index contributed by atoms with van der Waals surface area (Å²) in [6.07, 6.45) is 0. The molecule has 0 aliphatic carbocycles. The molecule has 0 aliphatic heterocycles. The van der Waals surface area contributed by atoms with Crippen LogP contribution < -0.4 is 0 Å². The van der Waals surface area contributed by atoms with Crippen LogP contribution in [0.1, 0.15) is 20.8 Å². The molecule has 0 amide bonds. The van der Waals surface area contributed by atoms with Gasteiger partial charge in [0.15, 0.2) is 0 Å². The zero-order valence-corrected chi connectivity index (χ0v) is 11.4. The van der Waals surface area contributed by atoms with Gasteiger partial charge in [0.25, 0.3) is 0 Å². The number of hydrogen-bond donors (Lipinski definition) is 0. The van der Waals surface area contributed by atoms with Gasteiger partial charge in [0.05, 0.1) is 0 Å². The molecule has 0 atom stereocenters. The summed E-state index contributed by atoms with van der Waals surface area (Å²) in [5.41, 5.74) is 0. The van der Waals surface area contributed by atoms with Gasteiger partial charge in [0.2, 0.25) is 0 Å². The number of rotatable bonds is 3. The van der Waals surface area contributed by atoms with Crippen LogP contribution in [0.2, 0.25) is 0 Å². The molecule has 0 aromatic rings. The standard InChI is InChI=1S/3C2H4O2.ClH.Sn/c3*1-2(3)4;;/h3*1H3,(H,3,4);1H;/q;;;;+4/p-4. The van der Waals surface area contributed by atoms with E-state index in [1.54, 1.807) is 0 Å². The number of carbonyl (C=O) groups excluding carboxylic acids is 3. The second-order valence-electron chi connectivity index (χ2n) is 2.26. The summed E-state index contributed by atoms with van der Waals surface area (Å²) in [6, 6.07) is 0. The van der Waals surface area contributed by atoms with Gasteiger partial charge >= 0.3 is 89.7 Å². The second kappa shape index (κ2) is 5.40. The monoisotopic (exact) mass is 332 g/mol. The topological polar surface area (TPSA) is 78.9 Å². The van der Waals surface area contributed by atoms with Gasteiger partial charge in [0.1, 0.15) is 0 Å². The molecule has 0 N–H and O–H groups in total. The fourth-order valence-corrected chi connectivity index (χ4v) is 6.06. The minimum atomic E-state index is -4.79. The molecule has 0 rings (SSSR count). The molecule has 0 radical (unpaired) electrons. The molecular weight excluding hydrogens is 322 g/mol. The van der Waals surface area contributed by atoms with Gasteiger partial charge in [-0.15, -0.1) is 0 Å². The van der Waals surface area contributed by atoms with Gasteiger partial charge in [-0.3, -0.25) is 0 Å². The third kappa shape index (κ3) is 6.03. The summed E-state index contributed by atoms with van der Waals surface area (Å²) in [7, 11) is 5.61. The van der Waals surface area contributed by atoms with Crippen LogP contribution in [-0.2, 0) is 23.6 Å². The molecule has 0 spiro atoms. The summed E-state index contributed by atoms with van der Waals surface area (Å²) >= 11 is -4.79. The van der Waals surface area contributed by atoms with Crippen LogP contribution in [0, 0.1) is 0 Å². The third-order valence-electron chi connectivity index (χ3n) is 0.797. The van der Waals surface area contributed by atoms with Crippen LogP contribution in [0.15, 0.2) is 0 Å². The molecule has 0 saturated heterocycles. The van der Waals surface area contributed by atoms with Crippen molar-refractivity contribution in [1.82, 2.24) is 0 Å². The van der Waals surface area contributed by atoms with E-state index in [2.05, 4.69) is 9.22 Å². The van der Waals surface area contributed by atoms with E-state index in [-0.39, 0.29) is 0 Å². The number of hydrogen-bond acceptors (Lipinski definition) is 6. The first-order valence-corrected chi connectivity index (χ1v) is 10.6. The molecular formula is C6H9ClO6Sn. The van der Waals surface area contributed by atoms with Crippen LogP contribution in [-0.4, -0.2) is 36.4 Å². The fraction of sp³-hybridized carbons (Fsp3) is 0.500. The summed E-state index contributed by atoms with van der Waals surface area (Å²) in [5, 5.41) is 0. The maximum absolute atomic E-state index is 10.6. The maximum atomic E-state index is 10.6. The Kier molecular flexibility index (Phi) is 5.20. The van der Waals surface area contributed by atoms with Crippen LogP contribution in [0.25, 0.3) is 0 Å². The molecule has 0 saturated carbocycles. The Bertz CT molecular complexity index is 224. The molecule has 80 valence electrons. The Labute approximate surface area is 89.7 Å². The molecule has 0 aromatic heterocycles. The van der Waals surface area contributed by atoms with Crippen molar-refractivity contribution in [3.63, 3.8) is 0 Å².